The van der Waals surface area contributed by atoms with Crippen molar-refractivity contribution in [2.45, 2.75) is 71.3 Å². The molecule has 0 amide bonds. The predicted octanol–water partition coefficient (Wildman–Crippen LogP) is 5.33. The van der Waals surface area contributed by atoms with Crippen LogP contribution in [0.1, 0.15) is 75.0 Å². The molecule has 0 unspecified atom stereocenters. The van der Waals surface area contributed by atoms with Crippen molar-refractivity contribution < 1.29 is 10.2 Å². The Morgan fingerprint density at radius 3 is 2.44 bits per heavy atom. The Kier molecular flexibility index (Phi) is 6.68. The average molecular weight is 436 g/mol. The first-order valence-corrected chi connectivity index (χ1v) is 11.7. The molecule has 170 valence electrons. The van der Waals surface area contributed by atoms with Crippen molar-refractivity contribution in [3.8, 4) is 22.9 Å². The fraction of sp³-hybridized carbons (Fsp3) is 0.462. The van der Waals surface area contributed by atoms with Crippen molar-refractivity contribution >= 4 is 0 Å². The molecule has 0 spiro atoms. The van der Waals surface area contributed by atoms with Gasteiger partial charge in [0.15, 0.2) is 5.82 Å². The lowest BCUT2D eigenvalue weighted by Gasteiger charge is -2.13. The monoisotopic (exact) mass is 435 g/mol. The Hall–Kier alpha value is -3.02. The number of nitrogens with zero attached hydrogens (tertiary/aromatic N) is 2. The third-order valence-corrected chi connectivity index (χ3v) is 6.68. The smallest absolute Gasteiger partial charge is 0.343 e. The standard InChI is InChI=1S/C26H33N3O3/c1-17(2)21-14-22(24(31)15-23(21)30)25-27-28-26(32)29(25)16-20-12-10-19(11-13-20)9-5-8-18-6-3-4-7-18/h10-15,17-18,30-31H,3-9,16H2,1-2H3,(H,28,32). The van der Waals surface area contributed by atoms with Crippen LogP contribution in [0, 0.1) is 5.92 Å². The minimum Gasteiger partial charge on any atom is -0.508 e. The topological polar surface area (TPSA) is 91.1 Å². The number of aromatic hydroxyl groups is 2. The average Bonchev–Trinajstić information content (AvgIpc) is 3.40. The fourth-order valence-corrected chi connectivity index (χ4v) is 4.79. The summed E-state index contributed by atoms with van der Waals surface area (Å²) in [5, 5.41) is 27.2. The van der Waals surface area contributed by atoms with Crippen LogP contribution in [0.25, 0.3) is 11.4 Å². The summed E-state index contributed by atoms with van der Waals surface area (Å²) >= 11 is 0. The van der Waals surface area contributed by atoms with E-state index >= 15 is 0 Å². The van der Waals surface area contributed by atoms with E-state index in [-0.39, 0.29) is 23.1 Å². The van der Waals surface area contributed by atoms with E-state index in [1.165, 1.54) is 54.7 Å². The molecular weight excluding hydrogens is 402 g/mol. The van der Waals surface area contributed by atoms with Crippen molar-refractivity contribution in [1.29, 1.82) is 0 Å². The van der Waals surface area contributed by atoms with Gasteiger partial charge in [-0.2, -0.15) is 5.10 Å². The number of phenolic OH excluding ortho intramolecular Hbond substituents is 2. The third-order valence-electron chi connectivity index (χ3n) is 6.68. The van der Waals surface area contributed by atoms with Gasteiger partial charge in [-0.1, -0.05) is 70.2 Å². The molecule has 4 rings (SSSR count). The summed E-state index contributed by atoms with van der Waals surface area (Å²) in [7, 11) is 0. The van der Waals surface area contributed by atoms with E-state index in [0.717, 1.165) is 17.9 Å². The molecule has 0 radical (unpaired) electrons. The highest BCUT2D eigenvalue weighted by Crippen LogP contribution is 2.37. The van der Waals surface area contributed by atoms with Crippen molar-refractivity contribution in [3.05, 3.63) is 63.6 Å². The number of nitrogens with one attached hydrogen (secondary N) is 1. The fourth-order valence-electron chi connectivity index (χ4n) is 4.79. The summed E-state index contributed by atoms with van der Waals surface area (Å²) < 4.78 is 1.52. The molecule has 3 N–H and O–H groups in total. The first-order chi connectivity index (χ1) is 15.4. The van der Waals surface area contributed by atoms with Crippen molar-refractivity contribution in [2.24, 2.45) is 5.92 Å². The van der Waals surface area contributed by atoms with Crippen LogP contribution < -0.4 is 5.69 Å². The molecule has 1 aliphatic carbocycles. The third kappa shape index (κ3) is 4.90. The molecule has 2 aromatic carbocycles. The first-order valence-electron chi connectivity index (χ1n) is 11.7. The molecule has 3 aromatic rings. The van der Waals surface area contributed by atoms with Crippen LogP contribution in [0.2, 0.25) is 0 Å². The number of hydrogen-bond acceptors (Lipinski definition) is 4. The Morgan fingerprint density at radius 2 is 1.75 bits per heavy atom. The van der Waals surface area contributed by atoms with Gasteiger partial charge in [-0.25, -0.2) is 9.89 Å². The van der Waals surface area contributed by atoms with Gasteiger partial charge in [-0.3, -0.25) is 4.57 Å². The van der Waals surface area contributed by atoms with Gasteiger partial charge in [0.1, 0.15) is 11.5 Å². The predicted molar refractivity (Wildman–Crippen MR) is 126 cm³/mol. The van der Waals surface area contributed by atoms with Crippen molar-refractivity contribution in [1.82, 2.24) is 14.8 Å². The number of aryl methyl sites for hydroxylation is 1. The van der Waals surface area contributed by atoms with E-state index in [9.17, 15) is 15.0 Å². The molecular formula is C26H33N3O3. The largest absolute Gasteiger partial charge is 0.508 e. The van der Waals surface area contributed by atoms with E-state index in [4.69, 9.17) is 0 Å². The van der Waals surface area contributed by atoms with Gasteiger partial charge in [0.25, 0.3) is 0 Å². The van der Waals surface area contributed by atoms with E-state index in [0.29, 0.717) is 23.5 Å². The van der Waals surface area contributed by atoms with Crippen LogP contribution in [0.5, 0.6) is 11.5 Å². The zero-order valence-electron chi connectivity index (χ0n) is 19.0. The molecule has 6 heteroatoms. The Balaban J connectivity index is 1.49. The molecule has 1 fully saturated rings. The molecule has 0 aliphatic heterocycles. The van der Waals surface area contributed by atoms with Crippen molar-refractivity contribution in [3.63, 3.8) is 0 Å². The zero-order chi connectivity index (χ0) is 22.7. The number of rotatable bonds is 8. The van der Waals surface area contributed by atoms with Crippen LogP contribution in [-0.2, 0) is 13.0 Å². The second kappa shape index (κ2) is 9.63. The molecule has 6 nitrogen and oxygen atoms in total. The molecule has 1 aliphatic rings. The summed E-state index contributed by atoms with van der Waals surface area (Å²) in [4.78, 5) is 12.5. The first kappa shape index (κ1) is 22.2. The molecule has 1 heterocycles. The highest BCUT2D eigenvalue weighted by Gasteiger charge is 2.19. The number of aromatic amines is 1. The van der Waals surface area contributed by atoms with E-state index in [1.54, 1.807) is 6.07 Å². The van der Waals surface area contributed by atoms with E-state index in [2.05, 4.69) is 34.5 Å². The maximum absolute atomic E-state index is 12.5. The van der Waals surface area contributed by atoms with Crippen molar-refractivity contribution in [2.75, 3.05) is 0 Å². The molecule has 0 bridgehead atoms. The van der Waals surface area contributed by atoms with Crippen LogP contribution in [0.3, 0.4) is 0 Å². The number of aromatic nitrogens is 3. The van der Waals surface area contributed by atoms with Gasteiger partial charge in [-0.15, -0.1) is 0 Å². The van der Waals surface area contributed by atoms with Crippen LogP contribution in [0.15, 0.2) is 41.2 Å². The van der Waals surface area contributed by atoms with Gasteiger partial charge < -0.3 is 10.2 Å². The Labute approximate surface area is 188 Å². The van der Waals surface area contributed by atoms with Gasteiger partial charge >= 0.3 is 5.69 Å². The number of H-pyrrole nitrogens is 1. The van der Waals surface area contributed by atoms with E-state index in [1.807, 2.05) is 13.8 Å². The lowest BCUT2D eigenvalue weighted by atomic mass is 9.98. The quantitative estimate of drug-likeness (QED) is 0.446. The maximum Gasteiger partial charge on any atom is 0.343 e. The summed E-state index contributed by atoms with van der Waals surface area (Å²) in [6.45, 7) is 4.27. The molecule has 32 heavy (non-hydrogen) atoms. The highest BCUT2D eigenvalue weighted by atomic mass is 16.3. The molecule has 0 atom stereocenters. The number of benzene rings is 2. The molecule has 1 aromatic heterocycles. The molecule has 1 saturated carbocycles. The Bertz CT molecular complexity index is 1110. The maximum atomic E-state index is 12.5. The van der Waals surface area contributed by atoms with E-state index < -0.39 is 0 Å². The highest BCUT2D eigenvalue weighted by molar-refractivity contribution is 5.67. The van der Waals surface area contributed by atoms with Crippen LogP contribution in [0.4, 0.5) is 0 Å². The van der Waals surface area contributed by atoms with Gasteiger partial charge in [0.2, 0.25) is 0 Å². The number of hydrogen-bond donors (Lipinski definition) is 3. The summed E-state index contributed by atoms with van der Waals surface area (Å²) in [5.41, 5.74) is 3.11. The lowest BCUT2D eigenvalue weighted by molar-refractivity contribution is 0.444. The minimum absolute atomic E-state index is 0.0363. The minimum atomic E-state index is -0.334. The lowest BCUT2D eigenvalue weighted by Crippen LogP contribution is -2.18. The number of phenols is 2. The second-order valence-corrected chi connectivity index (χ2v) is 9.38. The van der Waals surface area contributed by atoms with Crippen LogP contribution >= 0.6 is 0 Å². The summed E-state index contributed by atoms with van der Waals surface area (Å²) in [5.74, 6) is 1.27. The van der Waals surface area contributed by atoms with Gasteiger partial charge in [0.05, 0.1) is 12.1 Å². The summed E-state index contributed by atoms with van der Waals surface area (Å²) in [6, 6.07) is 11.4. The Morgan fingerprint density at radius 1 is 1.06 bits per heavy atom. The summed E-state index contributed by atoms with van der Waals surface area (Å²) in [6.07, 6.45) is 9.24. The second-order valence-electron chi connectivity index (χ2n) is 9.38. The zero-order valence-corrected chi connectivity index (χ0v) is 19.0. The van der Waals surface area contributed by atoms with Gasteiger partial charge in [-0.05, 0) is 47.4 Å². The SMILES string of the molecule is CC(C)c1cc(-c2n[nH]c(=O)n2Cc2ccc(CCCC3CCCC3)cc2)c(O)cc1O. The normalized spacial score (nSPS) is 14.5. The van der Waals surface area contributed by atoms with Gasteiger partial charge in [0, 0.05) is 6.07 Å². The van der Waals surface area contributed by atoms with Crippen LogP contribution in [-0.4, -0.2) is 25.0 Å². The molecule has 0 saturated heterocycles.